The van der Waals surface area contributed by atoms with Gasteiger partial charge < -0.3 is 11.1 Å². The Kier molecular flexibility index (Phi) is 5.36. The van der Waals surface area contributed by atoms with Crippen LogP contribution < -0.4 is 16.2 Å². The second-order valence-electron chi connectivity index (χ2n) is 6.04. The monoisotopic (exact) mass is 381 g/mol. The largest absolute Gasteiger partial charge is 0.322 e. The Bertz CT molecular complexity index is 1070. The number of carbonyl (C=O) groups excluding carboxylic acids is 1. The van der Waals surface area contributed by atoms with Crippen LogP contribution in [0.4, 0.5) is 5.69 Å². The molecule has 0 fully saturated rings. The van der Waals surface area contributed by atoms with Crippen LogP contribution in [-0.4, -0.2) is 14.3 Å². The molecule has 0 radical (unpaired) electrons. The van der Waals surface area contributed by atoms with Crippen molar-refractivity contribution in [1.29, 1.82) is 0 Å². The van der Waals surface area contributed by atoms with Gasteiger partial charge in [0.15, 0.2) is 0 Å². The van der Waals surface area contributed by atoms with Gasteiger partial charge in [-0.1, -0.05) is 48.5 Å². The third-order valence-electron chi connectivity index (χ3n) is 4.09. The van der Waals surface area contributed by atoms with Crippen LogP contribution in [0.3, 0.4) is 0 Å². The molecule has 0 aliphatic rings. The summed E-state index contributed by atoms with van der Waals surface area (Å²) in [6, 6.07) is 22.1. The number of nitrogens with two attached hydrogens (primary N) is 2. The van der Waals surface area contributed by atoms with Crippen molar-refractivity contribution < 1.29 is 13.2 Å². The van der Waals surface area contributed by atoms with Gasteiger partial charge >= 0.3 is 0 Å². The highest BCUT2D eigenvalue weighted by molar-refractivity contribution is 7.89. The Hall–Kier alpha value is -3.00. The SMILES string of the molecule is N[C@@H](c1ccccc1)c1cccc(NC(=O)c2cccc(S(N)(=O)=O)c2)c1. The number of primary sulfonamides is 1. The molecule has 3 aromatic carbocycles. The van der Waals surface area contributed by atoms with Gasteiger partial charge in [-0.15, -0.1) is 0 Å². The van der Waals surface area contributed by atoms with E-state index < -0.39 is 15.9 Å². The minimum Gasteiger partial charge on any atom is -0.322 e. The number of rotatable bonds is 5. The lowest BCUT2D eigenvalue weighted by Crippen LogP contribution is -2.16. The van der Waals surface area contributed by atoms with Crippen molar-refractivity contribution in [1.82, 2.24) is 0 Å². The van der Waals surface area contributed by atoms with Gasteiger partial charge in [-0.2, -0.15) is 0 Å². The van der Waals surface area contributed by atoms with Crippen LogP contribution in [0, 0.1) is 0 Å². The number of anilines is 1. The molecule has 27 heavy (non-hydrogen) atoms. The molecule has 1 amide bonds. The topological polar surface area (TPSA) is 115 Å². The number of hydrogen-bond acceptors (Lipinski definition) is 4. The lowest BCUT2D eigenvalue weighted by atomic mass is 9.99. The lowest BCUT2D eigenvalue weighted by molar-refractivity contribution is 0.102. The average Bonchev–Trinajstić information content (AvgIpc) is 2.68. The zero-order valence-corrected chi connectivity index (χ0v) is 15.2. The predicted octanol–water partition coefficient (Wildman–Crippen LogP) is 2.63. The van der Waals surface area contributed by atoms with E-state index >= 15 is 0 Å². The Morgan fingerprint density at radius 2 is 1.52 bits per heavy atom. The summed E-state index contributed by atoms with van der Waals surface area (Å²) in [5, 5.41) is 7.87. The Balaban J connectivity index is 1.81. The number of benzene rings is 3. The van der Waals surface area contributed by atoms with Gasteiger partial charge in [0.05, 0.1) is 10.9 Å². The standard InChI is InChI=1S/C20H19N3O3S/c21-19(14-6-2-1-3-7-14)15-8-4-10-17(12-15)23-20(24)16-9-5-11-18(13-16)27(22,25)26/h1-13,19H,21H2,(H,23,24)(H2,22,25,26)/t19-/m0/s1. The molecule has 0 heterocycles. The summed E-state index contributed by atoms with van der Waals surface area (Å²) < 4.78 is 22.9. The second kappa shape index (κ2) is 7.71. The predicted molar refractivity (Wildman–Crippen MR) is 105 cm³/mol. The number of nitrogens with one attached hydrogen (secondary N) is 1. The second-order valence-corrected chi connectivity index (χ2v) is 7.60. The van der Waals surface area contributed by atoms with Gasteiger partial charge in [-0.05, 0) is 41.5 Å². The molecule has 0 bridgehead atoms. The molecule has 0 aliphatic carbocycles. The number of hydrogen-bond donors (Lipinski definition) is 3. The maximum absolute atomic E-state index is 12.5. The fourth-order valence-corrected chi connectivity index (χ4v) is 3.24. The van der Waals surface area contributed by atoms with E-state index in [9.17, 15) is 13.2 Å². The molecule has 0 spiro atoms. The fraction of sp³-hybridized carbons (Fsp3) is 0.0500. The molecule has 0 saturated carbocycles. The summed E-state index contributed by atoms with van der Waals surface area (Å²) in [6.07, 6.45) is 0. The third kappa shape index (κ3) is 4.59. The van der Waals surface area contributed by atoms with E-state index in [2.05, 4.69) is 5.32 Å². The quantitative estimate of drug-likeness (QED) is 0.630. The van der Waals surface area contributed by atoms with E-state index in [4.69, 9.17) is 10.9 Å². The molecule has 5 N–H and O–H groups in total. The highest BCUT2D eigenvalue weighted by Crippen LogP contribution is 2.22. The van der Waals surface area contributed by atoms with Crippen LogP contribution in [0.5, 0.6) is 0 Å². The van der Waals surface area contributed by atoms with Crippen LogP contribution in [0.2, 0.25) is 0 Å². The first-order chi connectivity index (χ1) is 12.8. The van der Waals surface area contributed by atoms with Crippen LogP contribution in [-0.2, 0) is 10.0 Å². The van der Waals surface area contributed by atoms with Gasteiger partial charge in [-0.25, -0.2) is 13.6 Å². The van der Waals surface area contributed by atoms with E-state index in [1.165, 1.54) is 24.3 Å². The van der Waals surface area contributed by atoms with Crippen molar-refractivity contribution in [2.45, 2.75) is 10.9 Å². The van der Waals surface area contributed by atoms with Gasteiger partial charge in [0.2, 0.25) is 10.0 Å². The molecule has 1 atom stereocenters. The van der Waals surface area contributed by atoms with Crippen LogP contribution in [0.15, 0.2) is 83.8 Å². The first kappa shape index (κ1) is 18.8. The molecule has 3 rings (SSSR count). The fourth-order valence-electron chi connectivity index (χ4n) is 2.68. The lowest BCUT2D eigenvalue weighted by Gasteiger charge is -2.14. The molecule has 0 aliphatic heterocycles. The minimum absolute atomic E-state index is 0.116. The summed E-state index contributed by atoms with van der Waals surface area (Å²) in [7, 11) is -3.88. The summed E-state index contributed by atoms with van der Waals surface area (Å²) in [4.78, 5) is 12.4. The van der Waals surface area contributed by atoms with E-state index in [0.717, 1.165) is 11.1 Å². The van der Waals surface area contributed by atoms with Crippen LogP contribution in [0.25, 0.3) is 0 Å². The van der Waals surface area contributed by atoms with Crippen molar-refractivity contribution in [3.05, 3.63) is 95.6 Å². The van der Waals surface area contributed by atoms with E-state index in [1.54, 1.807) is 18.2 Å². The molecular weight excluding hydrogens is 362 g/mol. The normalized spacial score (nSPS) is 12.4. The average molecular weight is 381 g/mol. The van der Waals surface area contributed by atoms with Gasteiger partial charge in [0.1, 0.15) is 0 Å². The molecular formula is C20H19N3O3S. The maximum Gasteiger partial charge on any atom is 0.255 e. The van der Waals surface area contributed by atoms with E-state index in [0.29, 0.717) is 5.69 Å². The highest BCUT2D eigenvalue weighted by Gasteiger charge is 2.13. The molecule has 0 unspecified atom stereocenters. The first-order valence-electron chi connectivity index (χ1n) is 8.19. The van der Waals surface area contributed by atoms with Crippen LogP contribution in [0.1, 0.15) is 27.5 Å². The molecule has 6 nitrogen and oxygen atoms in total. The Labute approximate surface area is 157 Å². The van der Waals surface area contributed by atoms with Crippen molar-refractivity contribution in [3.63, 3.8) is 0 Å². The zero-order valence-electron chi connectivity index (χ0n) is 14.4. The molecule has 0 aromatic heterocycles. The van der Waals surface area contributed by atoms with Gasteiger partial charge in [-0.3, -0.25) is 4.79 Å². The van der Waals surface area contributed by atoms with E-state index in [-0.39, 0.29) is 16.5 Å². The highest BCUT2D eigenvalue weighted by atomic mass is 32.2. The van der Waals surface area contributed by atoms with Gasteiger partial charge in [0.25, 0.3) is 5.91 Å². The summed E-state index contributed by atoms with van der Waals surface area (Å²) in [6.45, 7) is 0. The van der Waals surface area contributed by atoms with Crippen LogP contribution >= 0.6 is 0 Å². The van der Waals surface area contributed by atoms with Gasteiger partial charge in [0, 0.05) is 11.3 Å². The molecule has 3 aromatic rings. The first-order valence-corrected chi connectivity index (χ1v) is 9.74. The molecule has 7 heteroatoms. The zero-order chi connectivity index (χ0) is 19.4. The van der Waals surface area contributed by atoms with E-state index in [1.807, 2.05) is 36.4 Å². The van der Waals surface area contributed by atoms with Crippen molar-refractivity contribution >= 4 is 21.6 Å². The summed E-state index contributed by atoms with van der Waals surface area (Å²) in [5.74, 6) is -0.439. The Morgan fingerprint density at radius 3 is 2.22 bits per heavy atom. The molecule has 0 saturated heterocycles. The summed E-state index contributed by atoms with van der Waals surface area (Å²) >= 11 is 0. The third-order valence-corrected chi connectivity index (χ3v) is 5.00. The number of sulfonamides is 1. The minimum atomic E-state index is -3.88. The number of amides is 1. The van der Waals surface area contributed by atoms with Crippen molar-refractivity contribution in [2.75, 3.05) is 5.32 Å². The Morgan fingerprint density at radius 1 is 0.852 bits per heavy atom. The number of carbonyl (C=O) groups is 1. The maximum atomic E-state index is 12.5. The van der Waals surface area contributed by atoms with Crippen molar-refractivity contribution in [2.24, 2.45) is 10.9 Å². The summed E-state index contributed by atoms with van der Waals surface area (Å²) in [5.41, 5.74) is 8.86. The van der Waals surface area contributed by atoms with Crippen molar-refractivity contribution in [3.8, 4) is 0 Å². The smallest absolute Gasteiger partial charge is 0.255 e. The molecule has 138 valence electrons.